The van der Waals surface area contributed by atoms with Gasteiger partial charge in [0.1, 0.15) is 0 Å². The summed E-state index contributed by atoms with van der Waals surface area (Å²) >= 11 is 0. The summed E-state index contributed by atoms with van der Waals surface area (Å²) in [6, 6.07) is -0.0689. The van der Waals surface area contributed by atoms with Gasteiger partial charge in [-0.2, -0.15) is 0 Å². The van der Waals surface area contributed by atoms with E-state index in [1.807, 2.05) is 6.92 Å². The van der Waals surface area contributed by atoms with Gasteiger partial charge >= 0.3 is 0 Å². The van der Waals surface area contributed by atoms with E-state index in [4.69, 9.17) is 0 Å². The maximum Gasteiger partial charge on any atom is 0.239 e. The zero-order valence-corrected chi connectivity index (χ0v) is 9.87. The Balaban J connectivity index is 2.42. The second-order valence-electron chi connectivity index (χ2n) is 4.54. The lowest BCUT2D eigenvalue weighted by atomic mass is 9.97. The summed E-state index contributed by atoms with van der Waals surface area (Å²) < 4.78 is 12.4. The summed E-state index contributed by atoms with van der Waals surface area (Å²) in [5.41, 5.74) is 0. The van der Waals surface area contributed by atoms with Crippen molar-refractivity contribution in [2.24, 2.45) is 5.92 Å². The van der Waals surface area contributed by atoms with Gasteiger partial charge in [0, 0.05) is 14.1 Å². The Kier molecular flexibility index (Phi) is 4.51. The predicted octanol–water partition coefficient (Wildman–Crippen LogP) is 1.14. The Morgan fingerprint density at radius 1 is 1.47 bits per heavy atom. The first kappa shape index (κ1) is 12.4. The number of halogens is 1. The van der Waals surface area contributed by atoms with E-state index in [1.165, 1.54) is 0 Å². The Morgan fingerprint density at radius 3 is 2.40 bits per heavy atom. The van der Waals surface area contributed by atoms with Crippen LogP contribution in [0, 0.1) is 5.92 Å². The molecule has 1 heterocycles. The van der Waals surface area contributed by atoms with E-state index in [9.17, 15) is 9.18 Å². The lowest BCUT2D eigenvalue weighted by Crippen LogP contribution is -2.48. The van der Waals surface area contributed by atoms with Gasteiger partial charge in [0.05, 0.1) is 12.7 Å². The average molecular weight is 216 g/mol. The van der Waals surface area contributed by atoms with Gasteiger partial charge < -0.3 is 4.90 Å². The van der Waals surface area contributed by atoms with Gasteiger partial charge in [-0.1, -0.05) is 0 Å². The number of piperidine rings is 1. The minimum atomic E-state index is -0.218. The molecule has 4 heteroatoms. The number of rotatable bonds is 3. The van der Waals surface area contributed by atoms with Crippen LogP contribution in [0.1, 0.15) is 19.8 Å². The third kappa shape index (κ3) is 3.16. The summed E-state index contributed by atoms with van der Waals surface area (Å²) in [5, 5.41) is 0. The molecule has 0 spiro atoms. The molecule has 88 valence electrons. The Morgan fingerprint density at radius 2 is 2.00 bits per heavy atom. The van der Waals surface area contributed by atoms with E-state index in [0.717, 1.165) is 25.9 Å². The highest BCUT2D eigenvalue weighted by Crippen LogP contribution is 2.19. The first-order valence-corrected chi connectivity index (χ1v) is 5.57. The molecule has 0 N–H and O–H groups in total. The molecule has 0 radical (unpaired) electrons. The van der Waals surface area contributed by atoms with Gasteiger partial charge in [0.25, 0.3) is 0 Å². The normalized spacial score (nSPS) is 21.3. The minimum absolute atomic E-state index is 0.0689. The molecule has 3 nitrogen and oxygen atoms in total. The van der Waals surface area contributed by atoms with Gasteiger partial charge in [0.2, 0.25) is 5.91 Å². The van der Waals surface area contributed by atoms with Gasteiger partial charge in [-0.15, -0.1) is 0 Å². The fourth-order valence-electron chi connectivity index (χ4n) is 2.02. The highest BCUT2D eigenvalue weighted by Gasteiger charge is 2.27. The summed E-state index contributed by atoms with van der Waals surface area (Å²) in [4.78, 5) is 15.5. The molecule has 1 saturated heterocycles. The summed E-state index contributed by atoms with van der Waals surface area (Å²) in [5.74, 6) is 0.344. The van der Waals surface area contributed by atoms with E-state index < -0.39 is 0 Å². The highest BCUT2D eigenvalue weighted by atomic mass is 19.1. The van der Waals surface area contributed by atoms with E-state index in [-0.39, 0.29) is 24.5 Å². The fraction of sp³-hybridized carbons (Fsp3) is 0.909. The molecule has 0 saturated carbocycles. The molecular weight excluding hydrogens is 195 g/mol. The van der Waals surface area contributed by atoms with Crippen molar-refractivity contribution in [3.05, 3.63) is 0 Å². The molecule has 0 unspecified atom stereocenters. The number of nitrogens with zero attached hydrogens (tertiary/aromatic N) is 2. The Hall–Kier alpha value is -0.640. The van der Waals surface area contributed by atoms with Crippen LogP contribution in [-0.2, 0) is 4.79 Å². The third-order valence-corrected chi connectivity index (χ3v) is 3.21. The number of hydrogen-bond acceptors (Lipinski definition) is 2. The van der Waals surface area contributed by atoms with E-state index in [2.05, 4.69) is 4.90 Å². The SMILES string of the molecule is C[C@H](C(=O)N(C)C)N1CCC(CF)CC1. The zero-order chi connectivity index (χ0) is 11.4. The van der Waals surface area contributed by atoms with Gasteiger partial charge in [0.15, 0.2) is 0 Å². The molecular formula is C11H21FN2O. The van der Waals surface area contributed by atoms with Crippen molar-refractivity contribution in [1.82, 2.24) is 9.80 Å². The molecule has 1 aliphatic rings. The number of hydrogen-bond donors (Lipinski definition) is 0. The van der Waals surface area contributed by atoms with Crippen molar-refractivity contribution in [3.63, 3.8) is 0 Å². The van der Waals surface area contributed by atoms with E-state index in [1.54, 1.807) is 19.0 Å². The molecule has 0 bridgehead atoms. The average Bonchev–Trinajstić information content (AvgIpc) is 2.27. The van der Waals surface area contributed by atoms with Crippen LogP contribution in [0.25, 0.3) is 0 Å². The number of alkyl halides is 1. The van der Waals surface area contributed by atoms with Crippen molar-refractivity contribution in [2.45, 2.75) is 25.8 Å². The van der Waals surface area contributed by atoms with Crippen LogP contribution in [0.15, 0.2) is 0 Å². The number of amides is 1. The van der Waals surface area contributed by atoms with Crippen LogP contribution < -0.4 is 0 Å². The standard InChI is InChI=1S/C11H21FN2O/c1-9(11(15)13(2)3)14-6-4-10(8-12)5-7-14/h9-10H,4-8H2,1-3H3/t9-/m1/s1. The van der Waals surface area contributed by atoms with Gasteiger partial charge in [-0.3, -0.25) is 14.1 Å². The molecule has 1 rings (SSSR count). The molecule has 15 heavy (non-hydrogen) atoms. The van der Waals surface area contributed by atoms with Gasteiger partial charge in [-0.05, 0) is 38.8 Å². The molecule has 1 atom stereocenters. The van der Waals surface area contributed by atoms with Crippen LogP contribution in [0.4, 0.5) is 4.39 Å². The molecule has 0 aromatic rings. The quantitative estimate of drug-likeness (QED) is 0.706. The molecule has 0 aromatic heterocycles. The zero-order valence-electron chi connectivity index (χ0n) is 9.87. The number of carbonyl (C=O) groups excluding carboxylic acids is 1. The van der Waals surface area contributed by atoms with Gasteiger partial charge in [-0.25, -0.2) is 0 Å². The number of likely N-dealkylation sites (N-methyl/N-ethyl adjacent to an activating group) is 1. The van der Waals surface area contributed by atoms with Crippen molar-refractivity contribution in [2.75, 3.05) is 33.9 Å². The maximum absolute atomic E-state index is 12.4. The predicted molar refractivity (Wildman–Crippen MR) is 58.4 cm³/mol. The first-order chi connectivity index (χ1) is 7.06. The summed E-state index contributed by atoms with van der Waals surface area (Å²) in [7, 11) is 3.54. The number of likely N-dealkylation sites (tertiary alicyclic amines) is 1. The summed E-state index contributed by atoms with van der Waals surface area (Å²) in [6.45, 7) is 3.40. The van der Waals surface area contributed by atoms with Crippen LogP contribution in [0.2, 0.25) is 0 Å². The van der Waals surface area contributed by atoms with Crippen molar-refractivity contribution in [3.8, 4) is 0 Å². The highest BCUT2D eigenvalue weighted by molar-refractivity contribution is 5.80. The summed E-state index contributed by atoms with van der Waals surface area (Å²) in [6.07, 6.45) is 1.75. The molecule has 0 aliphatic carbocycles. The Labute approximate surface area is 91.2 Å². The monoisotopic (exact) mass is 216 g/mol. The Bertz CT molecular complexity index is 213. The van der Waals surface area contributed by atoms with Crippen LogP contribution in [0.3, 0.4) is 0 Å². The fourth-order valence-corrected chi connectivity index (χ4v) is 2.02. The largest absolute Gasteiger partial charge is 0.347 e. The number of carbonyl (C=O) groups is 1. The van der Waals surface area contributed by atoms with Crippen molar-refractivity contribution < 1.29 is 9.18 Å². The molecule has 1 fully saturated rings. The smallest absolute Gasteiger partial charge is 0.239 e. The lowest BCUT2D eigenvalue weighted by Gasteiger charge is -2.35. The molecule has 1 amide bonds. The first-order valence-electron chi connectivity index (χ1n) is 5.57. The molecule has 0 aromatic carbocycles. The second kappa shape index (κ2) is 5.45. The van der Waals surface area contributed by atoms with Crippen LogP contribution in [-0.4, -0.2) is 55.6 Å². The lowest BCUT2D eigenvalue weighted by molar-refractivity contribution is -0.134. The van der Waals surface area contributed by atoms with E-state index >= 15 is 0 Å². The van der Waals surface area contributed by atoms with Crippen molar-refractivity contribution >= 4 is 5.91 Å². The topological polar surface area (TPSA) is 23.6 Å². The third-order valence-electron chi connectivity index (χ3n) is 3.21. The van der Waals surface area contributed by atoms with Crippen molar-refractivity contribution in [1.29, 1.82) is 0 Å². The van der Waals surface area contributed by atoms with Crippen LogP contribution >= 0.6 is 0 Å². The van der Waals surface area contributed by atoms with E-state index in [0.29, 0.717) is 0 Å². The minimum Gasteiger partial charge on any atom is -0.347 e. The second-order valence-corrected chi connectivity index (χ2v) is 4.54. The maximum atomic E-state index is 12.4. The molecule has 1 aliphatic heterocycles. The van der Waals surface area contributed by atoms with Crippen LogP contribution in [0.5, 0.6) is 0 Å².